The van der Waals surface area contributed by atoms with Crippen LogP contribution in [-0.2, 0) is 11.8 Å². The van der Waals surface area contributed by atoms with E-state index in [1.165, 1.54) is 33.2 Å². The Morgan fingerprint density at radius 1 is 0.955 bits per heavy atom. The van der Waals surface area contributed by atoms with E-state index in [-0.39, 0.29) is 5.41 Å². The van der Waals surface area contributed by atoms with Crippen LogP contribution in [0.5, 0.6) is 0 Å². The minimum atomic E-state index is 0.0373. The van der Waals surface area contributed by atoms with Crippen molar-refractivity contribution in [2.24, 2.45) is 0 Å². The zero-order valence-corrected chi connectivity index (χ0v) is 13.6. The van der Waals surface area contributed by atoms with Crippen LogP contribution >= 0.6 is 0 Å². The van der Waals surface area contributed by atoms with Gasteiger partial charge in [-0.1, -0.05) is 57.2 Å². The van der Waals surface area contributed by atoms with Crippen molar-refractivity contribution in [1.29, 1.82) is 0 Å². The maximum absolute atomic E-state index is 4.81. The Bertz CT molecular complexity index is 901. The van der Waals surface area contributed by atoms with Crippen LogP contribution in [0.25, 0.3) is 22.0 Å². The van der Waals surface area contributed by atoms with Gasteiger partial charge in [0.15, 0.2) is 0 Å². The van der Waals surface area contributed by atoms with Crippen molar-refractivity contribution in [3.05, 3.63) is 59.0 Å². The molecule has 0 aliphatic heterocycles. The summed E-state index contributed by atoms with van der Waals surface area (Å²) in [5, 5.41) is 2.58. The highest BCUT2D eigenvalue weighted by atomic mass is 14.9. The molecule has 4 rings (SSSR count). The third-order valence-corrected chi connectivity index (χ3v) is 4.45. The Balaban J connectivity index is 2.09. The number of hydrogen-bond acceptors (Lipinski definition) is 2. The van der Waals surface area contributed by atoms with Crippen LogP contribution in [-0.4, -0.2) is 9.97 Å². The van der Waals surface area contributed by atoms with Crippen LogP contribution in [0.3, 0.4) is 0 Å². The molecule has 0 fully saturated rings. The second kappa shape index (κ2) is 4.39. The largest absolute Gasteiger partial charge is 0.237 e. The molecule has 1 heterocycles. The first-order valence-electron chi connectivity index (χ1n) is 7.84. The third kappa shape index (κ3) is 1.87. The first-order chi connectivity index (χ1) is 10.4. The summed E-state index contributed by atoms with van der Waals surface area (Å²) in [5.74, 6) is 0.865. The van der Waals surface area contributed by atoms with Gasteiger partial charge in [0, 0.05) is 23.0 Å². The molecule has 0 spiro atoms. The van der Waals surface area contributed by atoms with Gasteiger partial charge in [-0.3, -0.25) is 0 Å². The Morgan fingerprint density at radius 3 is 2.50 bits per heavy atom. The fourth-order valence-corrected chi connectivity index (χ4v) is 3.52. The molecule has 1 aliphatic carbocycles. The number of benzene rings is 2. The fraction of sp³-hybridized carbons (Fsp3) is 0.300. The summed E-state index contributed by atoms with van der Waals surface area (Å²) < 4.78 is 0. The lowest BCUT2D eigenvalue weighted by molar-refractivity contribution is 0.558. The zero-order valence-electron chi connectivity index (χ0n) is 13.6. The predicted molar refractivity (Wildman–Crippen MR) is 91.2 cm³/mol. The van der Waals surface area contributed by atoms with Gasteiger partial charge in [-0.05, 0) is 23.3 Å². The quantitative estimate of drug-likeness (QED) is 0.464. The molecule has 0 atom stereocenters. The number of aryl methyl sites for hydroxylation is 1. The third-order valence-electron chi connectivity index (χ3n) is 4.45. The summed E-state index contributed by atoms with van der Waals surface area (Å²) in [6, 6.07) is 13.1. The number of hydrogen-bond donors (Lipinski definition) is 0. The van der Waals surface area contributed by atoms with E-state index in [4.69, 9.17) is 9.97 Å². The van der Waals surface area contributed by atoms with E-state index in [9.17, 15) is 0 Å². The van der Waals surface area contributed by atoms with Gasteiger partial charge >= 0.3 is 0 Å². The van der Waals surface area contributed by atoms with Crippen molar-refractivity contribution in [3.63, 3.8) is 0 Å². The lowest BCUT2D eigenvalue weighted by Gasteiger charge is -2.21. The minimum Gasteiger partial charge on any atom is -0.237 e. The van der Waals surface area contributed by atoms with E-state index in [0.29, 0.717) is 0 Å². The van der Waals surface area contributed by atoms with E-state index in [1.54, 1.807) is 0 Å². The summed E-state index contributed by atoms with van der Waals surface area (Å²) in [4.78, 5) is 9.58. The molecular formula is C20H20N2. The number of nitrogens with zero attached hydrogens (tertiary/aromatic N) is 2. The molecule has 0 N–H and O–H groups in total. The van der Waals surface area contributed by atoms with Crippen molar-refractivity contribution in [2.75, 3.05) is 0 Å². The molecule has 2 nitrogen and oxygen atoms in total. The van der Waals surface area contributed by atoms with Crippen LogP contribution in [0.4, 0.5) is 0 Å². The molecule has 0 amide bonds. The van der Waals surface area contributed by atoms with Crippen LogP contribution in [0, 0.1) is 6.92 Å². The van der Waals surface area contributed by atoms with Crippen molar-refractivity contribution in [1.82, 2.24) is 9.97 Å². The molecule has 0 bridgehead atoms. The molecule has 2 heteroatoms. The fourth-order valence-electron chi connectivity index (χ4n) is 3.52. The van der Waals surface area contributed by atoms with Crippen molar-refractivity contribution < 1.29 is 0 Å². The second-order valence-electron chi connectivity index (χ2n) is 7.19. The van der Waals surface area contributed by atoms with Gasteiger partial charge in [-0.25, -0.2) is 9.97 Å². The topological polar surface area (TPSA) is 25.8 Å². The van der Waals surface area contributed by atoms with Crippen LogP contribution in [0.1, 0.15) is 43.4 Å². The summed E-state index contributed by atoms with van der Waals surface area (Å²) >= 11 is 0. The SMILES string of the molecule is Cc1nc2c(c(C(C)(C)C)n1)Cc1ccc3ccccc3c1-2. The van der Waals surface area contributed by atoms with Gasteiger partial charge in [0.2, 0.25) is 0 Å². The smallest absolute Gasteiger partial charge is 0.126 e. The molecular weight excluding hydrogens is 268 g/mol. The van der Waals surface area contributed by atoms with Crippen molar-refractivity contribution in [3.8, 4) is 11.3 Å². The van der Waals surface area contributed by atoms with Gasteiger partial charge in [-0.2, -0.15) is 0 Å². The van der Waals surface area contributed by atoms with E-state index >= 15 is 0 Å². The molecule has 110 valence electrons. The van der Waals surface area contributed by atoms with Gasteiger partial charge in [0.1, 0.15) is 5.82 Å². The average Bonchev–Trinajstić information content (AvgIpc) is 2.84. The highest BCUT2D eigenvalue weighted by Crippen LogP contribution is 2.43. The van der Waals surface area contributed by atoms with Gasteiger partial charge in [0.05, 0.1) is 11.4 Å². The summed E-state index contributed by atoms with van der Waals surface area (Å²) in [7, 11) is 0. The predicted octanol–water partition coefficient (Wildman–Crippen LogP) is 4.81. The van der Waals surface area contributed by atoms with Gasteiger partial charge in [0.25, 0.3) is 0 Å². The molecule has 0 saturated carbocycles. The zero-order chi connectivity index (χ0) is 15.5. The molecule has 1 aliphatic rings. The minimum absolute atomic E-state index is 0.0373. The highest BCUT2D eigenvalue weighted by Gasteiger charge is 2.30. The molecule has 3 aromatic rings. The monoisotopic (exact) mass is 288 g/mol. The standard InChI is InChI=1S/C20H20N2/c1-12-21-18-16(19(22-12)20(2,3)4)11-14-10-9-13-7-5-6-8-15(13)17(14)18/h5-10H,11H2,1-4H3. The molecule has 0 unspecified atom stereocenters. The van der Waals surface area contributed by atoms with Crippen LogP contribution in [0.2, 0.25) is 0 Å². The Hall–Kier alpha value is -2.22. The summed E-state index contributed by atoms with van der Waals surface area (Å²) in [6.45, 7) is 8.70. The Labute approximate surface area is 131 Å². The van der Waals surface area contributed by atoms with Gasteiger partial charge in [-0.15, -0.1) is 0 Å². The highest BCUT2D eigenvalue weighted by molar-refractivity contribution is 6.00. The van der Waals surface area contributed by atoms with Gasteiger partial charge < -0.3 is 0 Å². The first kappa shape index (κ1) is 13.4. The maximum Gasteiger partial charge on any atom is 0.126 e. The molecule has 0 saturated heterocycles. The summed E-state index contributed by atoms with van der Waals surface area (Å²) in [6.07, 6.45) is 0.947. The van der Waals surface area contributed by atoms with E-state index in [1.807, 2.05) is 6.92 Å². The van der Waals surface area contributed by atoms with Crippen molar-refractivity contribution >= 4 is 10.8 Å². The maximum atomic E-state index is 4.81. The summed E-state index contributed by atoms with van der Waals surface area (Å²) in [5.41, 5.74) is 6.36. The van der Waals surface area contributed by atoms with E-state index in [2.05, 4.69) is 57.2 Å². The van der Waals surface area contributed by atoms with Crippen LogP contribution < -0.4 is 0 Å². The second-order valence-corrected chi connectivity index (χ2v) is 7.19. The number of fused-ring (bicyclic) bond motifs is 5. The Kier molecular flexibility index (Phi) is 2.68. The first-order valence-corrected chi connectivity index (χ1v) is 7.84. The molecule has 1 aromatic heterocycles. The molecule has 22 heavy (non-hydrogen) atoms. The van der Waals surface area contributed by atoms with Crippen molar-refractivity contribution in [2.45, 2.75) is 39.5 Å². The average molecular weight is 288 g/mol. The van der Waals surface area contributed by atoms with E-state index in [0.717, 1.165) is 17.9 Å². The molecule has 2 aromatic carbocycles. The lowest BCUT2D eigenvalue weighted by atomic mass is 9.87. The normalized spacial score (nSPS) is 13.3. The number of aromatic nitrogens is 2. The number of rotatable bonds is 0. The lowest BCUT2D eigenvalue weighted by Crippen LogP contribution is -2.18. The van der Waals surface area contributed by atoms with Crippen LogP contribution in [0.15, 0.2) is 36.4 Å². The Morgan fingerprint density at radius 2 is 1.73 bits per heavy atom. The molecule has 0 radical (unpaired) electrons. The van der Waals surface area contributed by atoms with E-state index < -0.39 is 0 Å².